The number of benzene rings is 2. The maximum absolute atomic E-state index is 14.6. The number of nitrogens with two attached hydrogens (primary N) is 2. The fraction of sp³-hybridized carbons (Fsp3) is 0.569. The van der Waals surface area contributed by atoms with Gasteiger partial charge in [-0.05, 0) is 108 Å². The van der Waals surface area contributed by atoms with E-state index in [4.69, 9.17) is 16.6 Å². The zero-order chi connectivity index (χ0) is 80.7. The number of nitrogens with zero attached hydrogens (tertiary/aromatic N) is 3. The number of H-pyrrole nitrogens is 1. The lowest BCUT2D eigenvalue weighted by Gasteiger charge is -2.32. The molecule has 3 saturated heterocycles. The number of aromatic amines is 1. The van der Waals surface area contributed by atoms with Crippen LogP contribution in [0, 0.1) is 11.8 Å². The van der Waals surface area contributed by atoms with Crippen LogP contribution in [0.1, 0.15) is 131 Å². The second-order valence-electron chi connectivity index (χ2n) is 28.4. The van der Waals surface area contributed by atoms with Crippen molar-refractivity contribution < 1.29 is 96.8 Å². The molecule has 3 aliphatic rings. The molecule has 6 rings (SSSR count). The normalized spacial score (nSPS) is 18.5. The molecule has 4 heterocycles. The quantitative estimate of drug-likeness (QED) is 0.0258. The zero-order valence-corrected chi connectivity index (χ0v) is 62.3. The fourth-order valence-electron chi connectivity index (χ4n) is 13.1. The number of carboxylic acid groups (broad SMARTS) is 2. The molecule has 0 unspecified atom stereocenters. The Kier molecular flexibility index (Phi) is 32.4. The highest BCUT2D eigenvalue weighted by molar-refractivity contribution is 6.01. The summed E-state index contributed by atoms with van der Waals surface area (Å²) in [7, 11) is 0. The molecule has 109 heavy (non-hydrogen) atoms. The number of hydrogen-bond donors (Lipinski definition) is 17. The van der Waals surface area contributed by atoms with Crippen LogP contribution >= 0.6 is 0 Å². The maximum Gasteiger partial charge on any atom is 0.326 e. The number of carboxylic acids is 2. The van der Waals surface area contributed by atoms with E-state index in [2.05, 4.69) is 63.5 Å². The molecule has 2 aromatic carbocycles. The van der Waals surface area contributed by atoms with Gasteiger partial charge < -0.3 is 105 Å². The molecule has 0 radical (unpaired) electrons. The van der Waals surface area contributed by atoms with Gasteiger partial charge in [0.2, 0.25) is 88.6 Å². The summed E-state index contributed by atoms with van der Waals surface area (Å²) in [4.78, 5) is 237. The molecule has 1 aromatic heterocycles. The lowest BCUT2D eigenvalue weighted by Crippen LogP contribution is -2.61. The highest BCUT2D eigenvalue weighted by atomic mass is 16.4. The van der Waals surface area contributed by atoms with Crippen molar-refractivity contribution in [3.63, 3.8) is 0 Å². The molecule has 3 aromatic rings. The summed E-state index contributed by atoms with van der Waals surface area (Å²) in [6.45, 7) is 11.0. The second kappa shape index (κ2) is 40.7. The topological polar surface area (TPSA) is 561 Å². The first-order chi connectivity index (χ1) is 51.5. The highest BCUT2D eigenvalue weighted by Crippen LogP contribution is 2.27. The third-order valence-corrected chi connectivity index (χ3v) is 19.0. The van der Waals surface area contributed by atoms with Crippen LogP contribution in [-0.2, 0) is 94.3 Å². The van der Waals surface area contributed by atoms with Crippen LogP contribution in [0.4, 0.5) is 0 Å². The van der Waals surface area contributed by atoms with Crippen LogP contribution in [0.5, 0.6) is 0 Å². The molecule has 37 heteroatoms. The molecule has 3 aliphatic heterocycles. The van der Waals surface area contributed by atoms with E-state index < -0.39 is 223 Å². The minimum Gasteiger partial charge on any atom is -0.481 e. The summed E-state index contributed by atoms with van der Waals surface area (Å²) in [6.07, 6.45) is 1.06. The number of carbonyl (C=O) groups excluding carboxylic acids is 15. The second-order valence-corrected chi connectivity index (χ2v) is 28.4. The minimum atomic E-state index is -1.87. The first-order valence-electron chi connectivity index (χ1n) is 36.4. The number of amides is 15. The van der Waals surface area contributed by atoms with Crippen LogP contribution < -0.4 is 70.0 Å². The summed E-state index contributed by atoms with van der Waals surface area (Å²) in [5.41, 5.74) is 12.6. The van der Waals surface area contributed by atoms with E-state index in [1.165, 1.54) is 42.4 Å². The van der Waals surface area contributed by atoms with E-state index in [9.17, 15) is 91.7 Å². The van der Waals surface area contributed by atoms with Gasteiger partial charge >= 0.3 is 11.9 Å². The first-order valence-corrected chi connectivity index (χ1v) is 36.4. The molecule has 37 nitrogen and oxygen atoms in total. The van der Waals surface area contributed by atoms with Crippen molar-refractivity contribution in [3.05, 3.63) is 71.9 Å². The van der Waals surface area contributed by atoms with E-state index in [0.717, 1.165) is 0 Å². The molecule has 14 atom stereocenters. The van der Waals surface area contributed by atoms with Gasteiger partial charge in [0.1, 0.15) is 84.6 Å². The van der Waals surface area contributed by atoms with Gasteiger partial charge in [-0.3, -0.25) is 76.7 Å². The van der Waals surface area contributed by atoms with Crippen LogP contribution in [0.3, 0.4) is 0 Å². The zero-order valence-electron chi connectivity index (χ0n) is 62.3. The van der Waals surface area contributed by atoms with Crippen LogP contribution in [0.15, 0.2) is 60.8 Å². The van der Waals surface area contributed by atoms with Gasteiger partial charge in [0.05, 0.1) is 19.6 Å². The van der Waals surface area contributed by atoms with Crippen LogP contribution in [0.2, 0.25) is 0 Å². The number of likely N-dealkylation sites (tertiary alicyclic amines) is 3. The van der Waals surface area contributed by atoms with Gasteiger partial charge in [-0.25, -0.2) is 4.79 Å². The SMILES string of the molecule is CC(C)C[C@H](NC(=O)[C@@H](NC(=O)[C@@H]1CCCN1C(=O)[C@H](C)NC(=O)[C@H](Cc1c[nH]c2ccccc12)NC(=O)[C@H](CCC(N)=O)NC(=O)[C@H](C)NC(=O)[C@H](C)NC(=O)CNC(=O)[C@@H](N)CO)C(C)C)C(=O)N[C@@H](CC(=O)O)C(=O)N[C@@H](Cc1ccccc1)C(=O)N[C@@H](C)C(=O)N1CCC[C@H]1C(=O)N1CCC[C@H]1C(=O)O. The Morgan fingerprint density at radius 1 is 0.514 bits per heavy atom. The Hall–Kier alpha value is -11.1. The Balaban J connectivity index is 1.12. The summed E-state index contributed by atoms with van der Waals surface area (Å²) in [5, 5.41) is 57.1. The van der Waals surface area contributed by atoms with E-state index in [1.54, 1.807) is 88.5 Å². The lowest BCUT2D eigenvalue weighted by molar-refractivity contribution is -0.152. The molecular formula is C72H103N17O20. The lowest BCUT2D eigenvalue weighted by atomic mass is 9.99. The molecule has 0 saturated carbocycles. The number of aromatic nitrogens is 1. The molecule has 3 fully saturated rings. The summed E-state index contributed by atoms with van der Waals surface area (Å²) in [5.74, 6) is -16.6. The van der Waals surface area contributed by atoms with Crippen molar-refractivity contribution in [2.75, 3.05) is 32.8 Å². The monoisotopic (exact) mass is 1530 g/mol. The standard InChI is InChI=1S/C72H103N17O20/c1-36(2)29-48(65(101)84-51(32-57(93)94)66(102)82-49(30-42-17-10-9-11-18-42)63(99)79-41(8)70(106)88-27-15-22-53(88)71(107)89-28-16-23-54(89)72(108)109)85-68(104)58(37(3)4)86-67(103)52-21-14-26-87(52)69(105)40(7)80-64(100)50(31-43-33-75-46-20-13-12-19-44(43)46)83-62(98)47(24-25-55(74)91)81-60(96)39(6)78-59(95)38(5)77-56(92)34-76-61(97)45(73)35-90/h9-13,17-20,33,36-41,45,47-54,58,75,90H,14-16,21-32,34-35,73H2,1-8H3,(H2,74,91)(H,76,97)(H,77,92)(H,78,95)(H,79,99)(H,80,100)(H,81,96)(H,82,102)(H,83,98)(H,84,101)(H,85,104)(H,86,103)(H,93,94)(H,108,109)/t38-,39-,40-,41-,45-,47-,48-,49-,50-,51-,52-,53-,54-,58-/m0/s1. The number of aliphatic carboxylic acids is 2. The Labute approximate surface area is 629 Å². The summed E-state index contributed by atoms with van der Waals surface area (Å²) < 4.78 is 0. The molecule has 596 valence electrons. The number of aliphatic hydroxyl groups is 1. The molecule has 15 amide bonds. The molecular weight excluding hydrogens is 1420 g/mol. The maximum atomic E-state index is 14.6. The molecule has 0 spiro atoms. The van der Waals surface area contributed by atoms with Crippen molar-refractivity contribution in [1.82, 2.24) is 78.2 Å². The highest BCUT2D eigenvalue weighted by Gasteiger charge is 2.45. The molecule has 0 aliphatic carbocycles. The van der Waals surface area contributed by atoms with Gasteiger partial charge in [0.25, 0.3) is 0 Å². The van der Waals surface area contributed by atoms with Crippen molar-refractivity contribution in [3.8, 4) is 0 Å². The molecule has 0 bridgehead atoms. The Morgan fingerprint density at radius 3 is 1.58 bits per heavy atom. The van der Waals surface area contributed by atoms with E-state index in [1.807, 2.05) is 0 Å². The number of aliphatic hydroxyl groups excluding tert-OH is 1. The Bertz CT molecular complexity index is 3830. The number of primary amides is 1. The molecule has 19 N–H and O–H groups in total. The van der Waals surface area contributed by atoms with Crippen molar-refractivity contribution in [2.24, 2.45) is 23.3 Å². The average molecular weight is 1530 g/mol. The minimum absolute atomic E-state index is 0.0127. The van der Waals surface area contributed by atoms with E-state index in [0.29, 0.717) is 41.3 Å². The summed E-state index contributed by atoms with van der Waals surface area (Å²) >= 11 is 0. The average Bonchev–Trinajstić information content (AvgIpc) is 1.69. The number of para-hydroxylation sites is 1. The van der Waals surface area contributed by atoms with Crippen molar-refractivity contribution >= 4 is 111 Å². The van der Waals surface area contributed by atoms with Crippen molar-refractivity contribution in [1.29, 1.82) is 0 Å². The number of carbonyl (C=O) groups is 17. The predicted molar refractivity (Wildman–Crippen MR) is 389 cm³/mol. The van der Waals surface area contributed by atoms with Gasteiger partial charge in [-0.2, -0.15) is 0 Å². The smallest absolute Gasteiger partial charge is 0.326 e. The van der Waals surface area contributed by atoms with E-state index in [-0.39, 0.29) is 64.1 Å². The van der Waals surface area contributed by atoms with Gasteiger partial charge in [-0.1, -0.05) is 76.2 Å². The third-order valence-electron chi connectivity index (χ3n) is 19.0. The fourth-order valence-corrected chi connectivity index (χ4v) is 13.1. The predicted octanol–water partition coefficient (Wildman–Crippen LogP) is -4.18. The summed E-state index contributed by atoms with van der Waals surface area (Å²) in [6, 6.07) is -3.79. The number of nitrogens with one attached hydrogen (secondary N) is 12. The van der Waals surface area contributed by atoms with Gasteiger partial charge in [0.15, 0.2) is 0 Å². The number of rotatable bonds is 39. The third kappa shape index (κ3) is 25.0. The number of fused-ring (bicyclic) bond motifs is 1. The Morgan fingerprint density at radius 2 is 1.00 bits per heavy atom. The van der Waals surface area contributed by atoms with E-state index >= 15 is 0 Å². The van der Waals surface area contributed by atoms with Gasteiger partial charge in [-0.15, -0.1) is 0 Å². The van der Waals surface area contributed by atoms with Crippen molar-refractivity contribution in [2.45, 2.75) is 217 Å². The first kappa shape index (κ1) is 86.8. The van der Waals surface area contributed by atoms with Gasteiger partial charge in [0, 0.05) is 56.0 Å². The number of hydrogen-bond acceptors (Lipinski definition) is 19. The largest absolute Gasteiger partial charge is 0.481 e. The van der Waals surface area contributed by atoms with Crippen LogP contribution in [-0.4, -0.2) is 253 Å². The van der Waals surface area contributed by atoms with Crippen LogP contribution in [0.25, 0.3) is 10.9 Å².